The SMILES string of the molecule is CNc1ccnc(N2C[C@@H]3C[C@H](C2)c2ccc(CN4CCC(OC)CC4)c(=O)n2C3)n1. The second kappa shape index (κ2) is 8.59. The van der Waals surface area contributed by atoms with Gasteiger partial charge in [-0.3, -0.25) is 9.69 Å². The van der Waals surface area contributed by atoms with Crippen LogP contribution >= 0.6 is 0 Å². The standard InChI is InChI=1S/C23H32N6O2/c1-24-21-5-8-25-23(26-21)28-12-16-11-18(15-28)20-4-3-17(22(30)29(20)13-16)14-27-9-6-19(31-2)7-10-27/h3-5,8,16,18-19H,6-7,9-15H2,1-2H3,(H,24,25,26)/t16-,18+/m0/s1. The second-order valence-electron chi connectivity index (χ2n) is 9.11. The summed E-state index contributed by atoms with van der Waals surface area (Å²) in [4.78, 5) is 27.1. The number of fused-ring (bicyclic) bond motifs is 4. The molecule has 8 nitrogen and oxygen atoms in total. The van der Waals surface area contributed by atoms with E-state index in [0.717, 1.165) is 81.6 Å². The number of rotatable bonds is 5. The van der Waals surface area contributed by atoms with Crippen LogP contribution in [0.25, 0.3) is 0 Å². The molecule has 2 fully saturated rings. The lowest BCUT2D eigenvalue weighted by Gasteiger charge is -2.43. The summed E-state index contributed by atoms with van der Waals surface area (Å²) in [6, 6.07) is 6.13. The van der Waals surface area contributed by atoms with Crippen molar-refractivity contribution in [3.8, 4) is 0 Å². The third kappa shape index (κ3) is 4.06. The monoisotopic (exact) mass is 424 g/mol. The zero-order valence-electron chi connectivity index (χ0n) is 18.5. The molecule has 0 amide bonds. The predicted molar refractivity (Wildman–Crippen MR) is 121 cm³/mol. The summed E-state index contributed by atoms with van der Waals surface area (Å²) in [5.41, 5.74) is 2.28. The number of anilines is 2. The summed E-state index contributed by atoms with van der Waals surface area (Å²) in [6.45, 7) is 5.25. The van der Waals surface area contributed by atoms with Gasteiger partial charge in [0.05, 0.1) is 6.10 Å². The van der Waals surface area contributed by atoms with E-state index in [1.54, 1.807) is 13.3 Å². The van der Waals surface area contributed by atoms with Gasteiger partial charge in [0.25, 0.3) is 5.56 Å². The van der Waals surface area contributed by atoms with Gasteiger partial charge in [0.2, 0.25) is 5.95 Å². The van der Waals surface area contributed by atoms with Crippen molar-refractivity contribution in [2.75, 3.05) is 50.6 Å². The molecule has 0 radical (unpaired) electrons. The molecule has 166 valence electrons. The summed E-state index contributed by atoms with van der Waals surface area (Å²) in [5, 5.41) is 3.09. The third-order valence-corrected chi connectivity index (χ3v) is 7.13. The van der Waals surface area contributed by atoms with Gasteiger partial charge in [-0.1, -0.05) is 6.07 Å². The predicted octanol–water partition coefficient (Wildman–Crippen LogP) is 1.91. The molecule has 2 aromatic heterocycles. The fourth-order valence-corrected chi connectivity index (χ4v) is 5.46. The van der Waals surface area contributed by atoms with Crippen LogP contribution in [0.15, 0.2) is 29.2 Å². The smallest absolute Gasteiger partial charge is 0.255 e. The average molecular weight is 425 g/mol. The van der Waals surface area contributed by atoms with Crippen molar-refractivity contribution in [1.29, 1.82) is 0 Å². The van der Waals surface area contributed by atoms with Gasteiger partial charge in [-0.2, -0.15) is 4.98 Å². The van der Waals surface area contributed by atoms with E-state index >= 15 is 0 Å². The lowest BCUT2D eigenvalue weighted by molar-refractivity contribution is 0.0387. The van der Waals surface area contributed by atoms with Crippen LogP contribution in [-0.4, -0.2) is 65.9 Å². The van der Waals surface area contributed by atoms with Gasteiger partial charge < -0.3 is 19.5 Å². The summed E-state index contributed by atoms with van der Waals surface area (Å²) >= 11 is 0. The van der Waals surface area contributed by atoms with Crippen LogP contribution in [0.4, 0.5) is 11.8 Å². The number of nitrogens with one attached hydrogen (secondary N) is 1. The van der Waals surface area contributed by atoms with Gasteiger partial charge in [0.1, 0.15) is 5.82 Å². The molecular formula is C23H32N6O2. The van der Waals surface area contributed by atoms with E-state index in [4.69, 9.17) is 4.74 Å². The Kier molecular flexibility index (Phi) is 5.67. The van der Waals surface area contributed by atoms with Crippen LogP contribution in [0.2, 0.25) is 0 Å². The first-order valence-electron chi connectivity index (χ1n) is 11.4. The van der Waals surface area contributed by atoms with E-state index in [2.05, 4.69) is 41.8 Å². The Hall–Kier alpha value is -2.45. The molecule has 2 saturated heterocycles. The molecule has 3 aliphatic rings. The quantitative estimate of drug-likeness (QED) is 0.786. The molecule has 0 aromatic carbocycles. The largest absolute Gasteiger partial charge is 0.381 e. The van der Waals surface area contributed by atoms with E-state index in [9.17, 15) is 4.79 Å². The van der Waals surface area contributed by atoms with Gasteiger partial charge in [-0.05, 0) is 37.3 Å². The van der Waals surface area contributed by atoms with Crippen LogP contribution in [0.5, 0.6) is 0 Å². The molecule has 2 atom stereocenters. The Morgan fingerprint density at radius 1 is 1.16 bits per heavy atom. The summed E-state index contributed by atoms with van der Waals surface area (Å²) in [6.07, 6.45) is 5.38. The molecule has 31 heavy (non-hydrogen) atoms. The van der Waals surface area contributed by atoms with E-state index in [0.29, 0.717) is 17.9 Å². The molecule has 3 aliphatic heterocycles. The normalized spacial score (nSPS) is 24.1. The maximum atomic E-state index is 13.3. The number of piperidine rings is 2. The Morgan fingerprint density at radius 3 is 2.77 bits per heavy atom. The number of hydrogen-bond acceptors (Lipinski definition) is 7. The summed E-state index contributed by atoms with van der Waals surface area (Å²) in [7, 11) is 3.66. The number of nitrogens with zero attached hydrogens (tertiary/aromatic N) is 5. The van der Waals surface area contributed by atoms with Gasteiger partial charge in [-0.15, -0.1) is 0 Å². The first-order chi connectivity index (χ1) is 15.1. The highest BCUT2D eigenvalue weighted by atomic mass is 16.5. The van der Waals surface area contributed by atoms with Crippen molar-refractivity contribution in [2.24, 2.45) is 5.92 Å². The lowest BCUT2D eigenvalue weighted by atomic mass is 9.83. The number of pyridine rings is 1. The van der Waals surface area contributed by atoms with Gasteiger partial charge in [-0.25, -0.2) is 4.98 Å². The molecule has 0 saturated carbocycles. The molecule has 2 aromatic rings. The first-order valence-corrected chi connectivity index (χ1v) is 11.4. The minimum atomic E-state index is 0.197. The minimum Gasteiger partial charge on any atom is -0.381 e. The van der Waals surface area contributed by atoms with Crippen LogP contribution in [0, 0.1) is 5.92 Å². The molecule has 5 heterocycles. The van der Waals surface area contributed by atoms with Crippen molar-refractivity contribution >= 4 is 11.8 Å². The Bertz CT molecular complexity index is 984. The van der Waals surface area contributed by atoms with Gasteiger partial charge in [0.15, 0.2) is 0 Å². The van der Waals surface area contributed by atoms with E-state index < -0.39 is 0 Å². The highest BCUT2D eigenvalue weighted by molar-refractivity contribution is 5.42. The number of methoxy groups -OCH3 is 1. The van der Waals surface area contributed by atoms with Crippen molar-refractivity contribution in [3.05, 3.63) is 46.0 Å². The molecule has 5 rings (SSSR count). The van der Waals surface area contributed by atoms with Crippen molar-refractivity contribution in [2.45, 2.75) is 44.4 Å². The zero-order valence-corrected chi connectivity index (χ0v) is 18.5. The lowest BCUT2D eigenvalue weighted by Crippen LogP contribution is -2.48. The molecular weight excluding hydrogens is 392 g/mol. The van der Waals surface area contributed by atoms with E-state index in [1.165, 1.54) is 0 Å². The van der Waals surface area contributed by atoms with Crippen molar-refractivity contribution in [1.82, 2.24) is 19.4 Å². The van der Waals surface area contributed by atoms with Crippen LogP contribution < -0.4 is 15.8 Å². The Labute approximate surface area is 183 Å². The second-order valence-corrected chi connectivity index (χ2v) is 9.11. The highest BCUT2D eigenvalue weighted by Crippen LogP contribution is 2.36. The third-order valence-electron chi connectivity index (χ3n) is 7.13. The molecule has 0 spiro atoms. The van der Waals surface area contributed by atoms with E-state index in [1.807, 2.05) is 13.1 Å². The molecule has 8 heteroatoms. The van der Waals surface area contributed by atoms with E-state index in [-0.39, 0.29) is 5.56 Å². The average Bonchev–Trinajstić information content (AvgIpc) is 2.81. The Balaban J connectivity index is 1.34. The topological polar surface area (TPSA) is 75.5 Å². The number of ether oxygens (including phenoxy) is 1. The molecule has 0 unspecified atom stereocenters. The van der Waals surface area contributed by atoms with Crippen LogP contribution in [0.3, 0.4) is 0 Å². The zero-order chi connectivity index (χ0) is 21.4. The van der Waals surface area contributed by atoms with Gasteiger partial charge in [0, 0.05) is 76.8 Å². The van der Waals surface area contributed by atoms with Crippen LogP contribution in [-0.2, 0) is 17.8 Å². The number of aromatic nitrogens is 3. The maximum Gasteiger partial charge on any atom is 0.255 e. The van der Waals surface area contributed by atoms with Crippen molar-refractivity contribution < 1.29 is 4.74 Å². The van der Waals surface area contributed by atoms with Gasteiger partial charge >= 0.3 is 0 Å². The molecule has 0 aliphatic carbocycles. The van der Waals surface area contributed by atoms with Crippen LogP contribution in [0.1, 0.15) is 36.4 Å². The number of hydrogen-bond donors (Lipinski definition) is 1. The van der Waals surface area contributed by atoms with Crippen molar-refractivity contribution in [3.63, 3.8) is 0 Å². The summed E-state index contributed by atoms with van der Waals surface area (Å²) in [5.74, 6) is 2.39. The number of likely N-dealkylation sites (tertiary alicyclic amines) is 1. The first kappa shape index (κ1) is 20.5. The fourth-order valence-electron chi connectivity index (χ4n) is 5.46. The summed E-state index contributed by atoms with van der Waals surface area (Å²) < 4.78 is 7.53. The minimum absolute atomic E-state index is 0.197. The fraction of sp³-hybridized carbons (Fsp3) is 0.609. The molecule has 1 N–H and O–H groups in total. The highest BCUT2D eigenvalue weighted by Gasteiger charge is 2.36. The molecule has 2 bridgehead atoms. The Morgan fingerprint density at radius 2 is 2.00 bits per heavy atom. The maximum absolute atomic E-state index is 13.3.